The number of anilines is 1. The lowest BCUT2D eigenvalue weighted by molar-refractivity contribution is -0.138. The van der Waals surface area contributed by atoms with Crippen LogP contribution in [0.5, 0.6) is 0 Å². The molecule has 6 heteroatoms. The van der Waals surface area contributed by atoms with Crippen LogP contribution in [0.15, 0.2) is 40.9 Å². The highest BCUT2D eigenvalue weighted by molar-refractivity contribution is 7.99. The number of nitrogens with one attached hydrogen (secondary N) is 1. The molecular formula is C14H17NO4S. The van der Waals surface area contributed by atoms with E-state index in [9.17, 15) is 9.59 Å². The Morgan fingerprint density at radius 3 is 2.35 bits per heavy atom. The molecule has 0 aromatic heterocycles. The minimum Gasteiger partial charge on any atom is -0.466 e. The lowest BCUT2D eigenvalue weighted by atomic mass is 10.3. The van der Waals surface area contributed by atoms with Crippen molar-refractivity contribution in [1.29, 1.82) is 0 Å². The number of methoxy groups -OCH3 is 2. The number of esters is 2. The Kier molecular flexibility index (Phi) is 6.66. The van der Waals surface area contributed by atoms with E-state index in [2.05, 4.69) is 21.7 Å². The Balaban J connectivity index is 2.86. The van der Waals surface area contributed by atoms with Crippen LogP contribution in [-0.2, 0) is 19.1 Å². The maximum atomic E-state index is 11.6. The second-order valence-corrected chi connectivity index (χ2v) is 4.99. The van der Waals surface area contributed by atoms with Crippen LogP contribution in [0, 0.1) is 0 Å². The SMILES string of the molecule is CCSc1ccc(N/C(=C/C(=O)OC)C(=O)OC)cc1. The highest BCUT2D eigenvalue weighted by Crippen LogP contribution is 2.20. The lowest BCUT2D eigenvalue weighted by Crippen LogP contribution is -2.15. The summed E-state index contributed by atoms with van der Waals surface area (Å²) in [5.74, 6) is -0.277. The van der Waals surface area contributed by atoms with Crippen LogP contribution in [0.25, 0.3) is 0 Å². The van der Waals surface area contributed by atoms with Crippen LogP contribution < -0.4 is 5.32 Å². The maximum absolute atomic E-state index is 11.6. The van der Waals surface area contributed by atoms with Crippen LogP contribution >= 0.6 is 11.8 Å². The third kappa shape index (κ3) is 4.97. The second-order valence-electron chi connectivity index (χ2n) is 3.66. The Morgan fingerprint density at radius 2 is 1.85 bits per heavy atom. The van der Waals surface area contributed by atoms with Gasteiger partial charge in [-0.15, -0.1) is 11.8 Å². The van der Waals surface area contributed by atoms with Gasteiger partial charge in [-0.3, -0.25) is 0 Å². The first kappa shape index (κ1) is 16.1. The number of hydrogen-bond donors (Lipinski definition) is 1. The fourth-order valence-corrected chi connectivity index (χ4v) is 2.05. The molecule has 0 radical (unpaired) electrons. The van der Waals surface area contributed by atoms with Crippen molar-refractivity contribution in [3.8, 4) is 0 Å². The van der Waals surface area contributed by atoms with Crippen LogP contribution in [0.1, 0.15) is 6.92 Å². The van der Waals surface area contributed by atoms with Crippen molar-refractivity contribution in [3.63, 3.8) is 0 Å². The molecule has 1 rings (SSSR count). The van der Waals surface area contributed by atoms with Crippen LogP contribution in [-0.4, -0.2) is 31.9 Å². The molecule has 5 nitrogen and oxygen atoms in total. The molecular weight excluding hydrogens is 278 g/mol. The summed E-state index contributed by atoms with van der Waals surface area (Å²) >= 11 is 1.72. The Morgan fingerprint density at radius 1 is 1.20 bits per heavy atom. The molecule has 1 N–H and O–H groups in total. The van der Waals surface area contributed by atoms with Crippen molar-refractivity contribution in [2.75, 3.05) is 25.3 Å². The van der Waals surface area contributed by atoms with Crippen molar-refractivity contribution in [1.82, 2.24) is 0 Å². The van der Waals surface area contributed by atoms with E-state index in [4.69, 9.17) is 0 Å². The van der Waals surface area contributed by atoms with Gasteiger partial charge in [-0.25, -0.2) is 9.59 Å². The quantitative estimate of drug-likeness (QED) is 0.494. The number of benzene rings is 1. The topological polar surface area (TPSA) is 64.6 Å². The molecule has 0 saturated carbocycles. The molecule has 0 amide bonds. The summed E-state index contributed by atoms with van der Waals surface area (Å²) in [6, 6.07) is 7.52. The molecule has 108 valence electrons. The minimum absolute atomic E-state index is 0.0234. The summed E-state index contributed by atoms with van der Waals surface area (Å²) in [7, 11) is 2.49. The van der Waals surface area contributed by atoms with Crippen molar-refractivity contribution in [2.45, 2.75) is 11.8 Å². The molecule has 1 aromatic carbocycles. The average molecular weight is 295 g/mol. The number of hydrogen-bond acceptors (Lipinski definition) is 6. The molecule has 0 unspecified atom stereocenters. The van der Waals surface area contributed by atoms with Gasteiger partial charge in [0.2, 0.25) is 0 Å². The summed E-state index contributed by atoms with van der Waals surface area (Å²) in [6.45, 7) is 2.07. The summed E-state index contributed by atoms with van der Waals surface area (Å²) < 4.78 is 9.11. The monoisotopic (exact) mass is 295 g/mol. The molecule has 0 aliphatic rings. The highest BCUT2D eigenvalue weighted by Gasteiger charge is 2.12. The van der Waals surface area contributed by atoms with Crippen LogP contribution in [0.4, 0.5) is 5.69 Å². The van der Waals surface area contributed by atoms with E-state index < -0.39 is 11.9 Å². The Labute approximate surface area is 122 Å². The first-order chi connectivity index (χ1) is 9.60. The zero-order chi connectivity index (χ0) is 15.0. The largest absolute Gasteiger partial charge is 0.466 e. The number of ether oxygens (including phenoxy) is 2. The number of rotatable bonds is 6. The fraction of sp³-hybridized carbons (Fsp3) is 0.286. The third-order valence-electron chi connectivity index (χ3n) is 2.31. The smallest absolute Gasteiger partial charge is 0.354 e. The third-order valence-corrected chi connectivity index (χ3v) is 3.21. The van der Waals surface area contributed by atoms with Gasteiger partial charge in [0.1, 0.15) is 5.70 Å². The van der Waals surface area contributed by atoms with Gasteiger partial charge < -0.3 is 14.8 Å². The van der Waals surface area contributed by atoms with Gasteiger partial charge in [-0.05, 0) is 30.0 Å². The Hall–Kier alpha value is -1.95. The number of thioether (sulfide) groups is 1. The highest BCUT2D eigenvalue weighted by atomic mass is 32.2. The molecule has 0 atom stereocenters. The van der Waals surface area contributed by atoms with Crippen molar-refractivity contribution in [2.24, 2.45) is 0 Å². The van der Waals surface area contributed by atoms with E-state index in [1.165, 1.54) is 14.2 Å². The van der Waals surface area contributed by atoms with Gasteiger partial charge in [-0.1, -0.05) is 6.92 Å². The molecule has 20 heavy (non-hydrogen) atoms. The minimum atomic E-state index is -0.637. The van der Waals surface area contributed by atoms with Gasteiger partial charge in [0.15, 0.2) is 0 Å². The van der Waals surface area contributed by atoms with E-state index in [1.54, 1.807) is 11.8 Å². The molecule has 0 aliphatic heterocycles. The summed E-state index contributed by atoms with van der Waals surface area (Å²) in [5, 5.41) is 2.84. The van der Waals surface area contributed by atoms with Gasteiger partial charge in [-0.2, -0.15) is 0 Å². The lowest BCUT2D eigenvalue weighted by Gasteiger charge is -2.09. The molecule has 0 heterocycles. The summed E-state index contributed by atoms with van der Waals surface area (Å²) in [5.41, 5.74) is 0.709. The molecule has 1 aromatic rings. The van der Waals surface area contributed by atoms with Gasteiger partial charge in [0.05, 0.1) is 20.3 Å². The van der Waals surface area contributed by atoms with Crippen molar-refractivity contribution < 1.29 is 19.1 Å². The molecule has 0 spiro atoms. The van der Waals surface area contributed by atoms with Gasteiger partial charge in [0.25, 0.3) is 0 Å². The number of carbonyl (C=O) groups excluding carboxylic acids is 2. The van der Waals surface area contributed by atoms with Gasteiger partial charge in [0, 0.05) is 10.6 Å². The normalized spacial score (nSPS) is 10.8. The molecule has 0 aliphatic carbocycles. The predicted molar refractivity (Wildman–Crippen MR) is 78.6 cm³/mol. The van der Waals surface area contributed by atoms with E-state index in [0.717, 1.165) is 16.7 Å². The molecule has 0 saturated heterocycles. The zero-order valence-electron chi connectivity index (χ0n) is 11.6. The van der Waals surface area contributed by atoms with Crippen LogP contribution in [0.3, 0.4) is 0 Å². The molecule has 0 fully saturated rings. The summed E-state index contributed by atoms with van der Waals surface area (Å²) in [4.78, 5) is 23.9. The van der Waals surface area contributed by atoms with Gasteiger partial charge >= 0.3 is 11.9 Å². The van der Waals surface area contributed by atoms with E-state index >= 15 is 0 Å². The van der Waals surface area contributed by atoms with Crippen molar-refractivity contribution in [3.05, 3.63) is 36.0 Å². The van der Waals surface area contributed by atoms with Crippen LogP contribution in [0.2, 0.25) is 0 Å². The van der Waals surface area contributed by atoms with Crippen molar-refractivity contribution >= 4 is 29.4 Å². The summed E-state index contributed by atoms with van der Waals surface area (Å²) in [6.07, 6.45) is 1.06. The number of carbonyl (C=O) groups is 2. The zero-order valence-corrected chi connectivity index (χ0v) is 12.5. The second kappa shape index (κ2) is 8.27. The average Bonchev–Trinajstić information content (AvgIpc) is 2.47. The Bertz CT molecular complexity index is 496. The maximum Gasteiger partial charge on any atom is 0.354 e. The molecule has 0 bridgehead atoms. The standard InChI is InChI=1S/C14H17NO4S/c1-4-20-11-7-5-10(6-8-11)15-12(14(17)19-3)9-13(16)18-2/h5-9,15H,4H2,1-3H3/b12-9+. The van der Waals surface area contributed by atoms with E-state index in [-0.39, 0.29) is 5.70 Å². The van der Waals surface area contributed by atoms with E-state index in [0.29, 0.717) is 5.69 Å². The predicted octanol–water partition coefficient (Wildman–Crippen LogP) is 2.44. The fourth-order valence-electron chi connectivity index (χ4n) is 1.39. The first-order valence-corrected chi connectivity index (χ1v) is 6.97. The first-order valence-electron chi connectivity index (χ1n) is 5.98. The van der Waals surface area contributed by atoms with E-state index in [1.807, 2.05) is 24.3 Å².